The average molecular weight is 306 g/mol. The van der Waals surface area contributed by atoms with Gasteiger partial charge in [-0.1, -0.05) is 35.9 Å². The Morgan fingerprint density at radius 2 is 1.81 bits per heavy atom. The summed E-state index contributed by atoms with van der Waals surface area (Å²) in [5.41, 5.74) is 5.31. The Morgan fingerprint density at radius 1 is 1.10 bits per heavy atom. The van der Waals surface area contributed by atoms with Crippen molar-refractivity contribution in [2.75, 3.05) is 13.6 Å². The van der Waals surface area contributed by atoms with E-state index in [-0.39, 0.29) is 18.2 Å². The van der Waals surface area contributed by atoms with Crippen molar-refractivity contribution in [1.29, 1.82) is 0 Å². The fourth-order valence-corrected chi connectivity index (χ4v) is 3.13. The van der Waals surface area contributed by atoms with Crippen LogP contribution in [0.2, 0.25) is 0 Å². The van der Waals surface area contributed by atoms with E-state index in [1.807, 2.05) is 12.1 Å². The average Bonchev–Trinajstić information content (AvgIpc) is 2.58. The van der Waals surface area contributed by atoms with Crippen LogP contribution in [0.5, 0.6) is 0 Å². The molecule has 0 fully saturated rings. The molecule has 1 atom stereocenters. The molecule has 0 bridgehead atoms. The molecule has 112 valence electrons. The van der Waals surface area contributed by atoms with E-state index < -0.39 is 0 Å². The van der Waals surface area contributed by atoms with Gasteiger partial charge in [-0.25, -0.2) is 4.39 Å². The van der Waals surface area contributed by atoms with E-state index >= 15 is 0 Å². The Balaban J connectivity index is 0.00000161. The van der Waals surface area contributed by atoms with E-state index in [1.54, 1.807) is 12.1 Å². The van der Waals surface area contributed by atoms with Crippen molar-refractivity contribution >= 4 is 12.4 Å². The second kappa shape index (κ2) is 6.59. The summed E-state index contributed by atoms with van der Waals surface area (Å²) in [7, 11) is 2.17. The summed E-state index contributed by atoms with van der Waals surface area (Å²) >= 11 is 0. The standard InChI is InChI=1S/C18H20FN.ClH/c1-13-3-8-17-15(11-13)12-20(2)10-9-18(17)14-4-6-16(19)7-5-14;/h3-8,11,18H,9-10,12H2,1-2H3;1H. The summed E-state index contributed by atoms with van der Waals surface area (Å²) in [4.78, 5) is 2.36. The highest BCUT2D eigenvalue weighted by Gasteiger charge is 2.22. The van der Waals surface area contributed by atoms with Gasteiger partial charge in [-0.2, -0.15) is 0 Å². The molecule has 1 unspecified atom stereocenters. The number of fused-ring (bicyclic) bond motifs is 1. The third kappa shape index (κ3) is 3.45. The second-order valence-electron chi connectivity index (χ2n) is 5.83. The number of hydrogen-bond donors (Lipinski definition) is 0. The van der Waals surface area contributed by atoms with Crippen LogP contribution in [0, 0.1) is 12.7 Å². The van der Waals surface area contributed by atoms with E-state index in [0.29, 0.717) is 5.92 Å². The molecule has 0 spiro atoms. The maximum Gasteiger partial charge on any atom is 0.123 e. The Morgan fingerprint density at radius 3 is 2.52 bits per heavy atom. The molecule has 0 radical (unpaired) electrons. The number of halogens is 2. The SMILES string of the molecule is Cc1ccc2c(c1)CN(C)CCC2c1ccc(F)cc1.Cl. The molecule has 2 aromatic rings. The highest BCUT2D eigenvalue weighted by atomic mass is 35.5. The first-order valence-corrected chi connectivity index (χ1v) is 7.17. The summed E-state index contributed by atoms with van der Waals surface area (Å²) < 4.78 is 13.1. The van der Waals surface area contributed by atoms with Crippen LogP contribution in [0.15, 0.2) is 42.5 Å². The predicted octanol–water partition coefficient (Wildman–Crippen LogP) is 4.52. The van der Waals surface area contributed by atoms with Gasteiger partial charge in [0.15, 0.2) is 0 Å². The van der Waals surface area contributed by atoms with Gasteiger partial charge in [0, 0.05) is 12.5 Å². The lowest BCUT2D eigenvalue weighted by molar-refractivity contribution is 0.328. The monoisotopic (exact) mass is 305 g/mol. The molecule has 0 aliphatic carbocycles. The lowest BCUT2D eigenvalue weighted by Crippen LogP contribution is -2.17. The van der Waals surface area contributed by atoms with Crippen molar-refractivity contribution in [2.24, 2.45) is 0 Å². The minimum atomic E-state index is -0.163. The van der Waals surface area contributed by atoms with Crippen molar-refractivity contribution in [3.63, 3.8) is 0 Å². The zero-order valence-corrected chi connectivity index (χ0v) is 13.3. The molecule has 0 saturated carbocycles. The molecule has 0 saturated heterocycles. The van der Waals surface area contributed by atoms with Crippen LogP contribution >= 0.6 is 12.4 Å². The number of benzene rings is 2. The zero-order valence-electron chi connectivity index (χ0n) is 12.5. The first-order chi connectivity index (χ1) is 9.63. The molecule has 1 aliphatic heterocycles. The molecule has 21 heavy (non-hydrogen) atoms. The van der Waals surface area contributed by atoms with Crippen LogP contribution in [0.4, 0.5) is 4.39 Å². The van der Waals surface area contributed by atoms with Gasteiger partial charge < -0.3 is 4.90 Å². The van der Waals surface area contributed by atoms with Gasteiger partial charge in [0.1, 0.15) is 5.82 Å². The fourth-order valence-electron chi connectivity index (χ4n) is 3.13. The lowest BCUT2D eigenvalue weighted by Gasteiger charge is -2.18. The summed E-state index contributed by atoms with van der Waals surface area (Å²) in [5.74, 6) is 0.208. The summed E-state index contributed by atoms with van der Waals surface area (Å²) in [6.45, 7) is 4.20. The van der Waals surface area contributed by atoms with Crippen LogP contribution in [0.25, 0.3) is 0 Å². The molecule has 0 amide bonds. The van der Waals surface area contributed by atoms with E-state index in [1.165, 1.54) is 22.3 Å². The topological polar surface area (TPSA) is 3.24 Å². The quantitative estimate of drug-likeness (QED) is 0.748. The molecular weight excluding hydrogens is 285 g/mol. The van der Waals surface area contributed by atoms with Gasteiger partial charge in [0.2, 0.25) is 0 Å². The lowest BCUT2D eigenvalue weighted by atomic mass is 9.86. The van der Waals surface area contributed by atoms with Gasteiger partial charge >= 0.3 is 0 Å². The molecule has 1 heterocycles. The highest BCUT2D eigenvalue weighted by molar-refractivity contribution is 5.85. The van der Waals surface area contributed by atoms with E-state index in [0.717, 1.165) is 19.5 Å². The van der Waals surface area contributed by atoms with Crippen molar-refractivity contribution < 1.29 is 4.39 Å². The van der Waals surface area contributed by atoms with Gasteiger partial charge in [-0.15, -0.1) is 12.4 Å². The van der Waals surface area contributed by atoms with E-state index in [4.69, 9.17) is 0 Å². The van der Waals surface area contributed by atoms with Gasteiger partial charge in [-0.3, -0.25) is 0 Å². The summed E-state index contributed by atoms with van der Waals surface area (Å²) in [6, 6.07) is 13.7. The summed E-state index contributed by atoms with van der Waals surface area (Å²) in [5, 5.41) is 0. The molecule has 0 N–H and O–H groups in total. The van der Waals surface area contributed by atoms with Gasteiger partial charge in [0.05, 0.1) is 0 Å². The molecule has 3 heteroatoms. The van der Waals surface area contributed by atoms with Gasteiger partial charge in [0.25, 0.3) is 0 Å². The normalized spacial score (nSPS) is 18.5. The van der Waals surface area contributed by atoms with Crippen molar-refractivity contribution in [2.45, 2.75) is 25.8 Å². The van der Waals surface area contributed by atoms with Crippen LogP contribution in [-0.2, 0) is 6.54 Å². The first-order valence-electron chi connectivity index (χ1n) is 7.17. The molecule has 3 rings (SSSR count). The fraction of sp³-hybridized carbons (Fsp3) is 0.333. The second-order valence-corrected chi connectivity index (χ2v) is 5.83. The maximum absolute atomic E-state index is 13.1. The highest BCUT2D eigenvalue weighted by Crippen LogP contribution is 2.34. The van der Waals surface area contributed by atoms with E-state index in [2.05, 4.69) is 37.1 Å². The third-order valence-corrected chi connectivity index (χ3v) is 4.19. The van der Waals surface area contributed by atoms with Crippen LogP contribution in [0.3, 0.4) is 0 Å². The van der Waals surface area contributed by atoms with Crippen LogP contribution < -0.4 is 0 Å². The minimum Gasteiger partial charge on any atom is -0.302 e. The largest absolute Gasteiger partial charge is 0.302 e. The molecular formula is C18H21ClFN. The maximum atomic E-state index is 13.1. The smallest absolute Gasteiger partial charge is 0.123 e. The number of hydrogen-bond acceptors (Lipinski definition) is 1. The Kier molecular flexibility index (Phi) is 5.02. The van der Waals surface area contributed by atoms with Crippen molar-refractivity contribution in [3.05, 3.63) is 70.5 Å². The number of aryl methyl sites for hydroxylation is 1. The molecule has 1 nitrogen and oxygen atoms in total. The molecule has 0 aromatic heterocycles. The Bertz CT molecular complexity index is 609. The number of rotatable bonds is 1. The molecule has 2 aromatic carbocycles. The Hall–Kier alpha value is -1.38. The zero-order chi connectivity index (χ0) is 14.1. The van der Waals surface area contributed by atoms with Crippen LogP contribution in [-0.4, -0.2) is 18.5 Å². The first kappa shape index (κ1) is 16.0. The van der Waals surface area contributed by atoms with Crippen molar-refractivity contribution in [1.82, 2.24) is 4.90 Å². The van der Waals surface area contributed by atoms with E-state index in [9.17, 15) is 4.39 Å². The van der Waals surface area contributed by atoms with Crippen molar-refractivity contribution in [3.8, 4) is 0 Å². The number of nitrogens with zero attached hydrogens (tertiary/aromatic N) is 1. The van der Waals surface area contributed by atoms with Crippen LogP contribution in [0.1, 0.15) is 34.6 Å². The summed E-state index contributed by atoms with van der Waals surface area (Å²) in [6.07, 6.45) is 1.08. The minimum absolute atomic E-state index is 0. The Labute approximate surface area is 132 Å². The van der Waals surface area contributed by atoms with Gasteiger partial charge in [-0.05, 0) is 55.8 Å². The molecule has 1 aliphatic rings. The third-order valence-electron chi connectivity index (χ3n) is 4.19. The predicted molar refractivity (Wildman–Crippen MR) is 87.6 cm³/mol.